The molecule has 1 aliphatic heterocycles. The summed E-state index contributed by atoms with van der Waals surface area (Å²) in [4.78, 5) is 0. The molecule has 0 aromatic heterocycles. The van der Waals surface area contributed by atoms with Gasteiger partial charge in [-0.15, -0.1) is 0 Å². The van der Waals surface area contributed by atoms with Crippen molar-refractivity contribution in [3.05, 3.63) is 0 Å². The van der Waals surface area contributed by atoms with Crippen LogP contribution in [0.4, 0.5) is 0 Å². The molecule has 0 aromatic rings. The van der Waals surface area contributed by atoms with Crippen LogP contribution >= 0.6 is 0 Å². The van der Waals surface area contributed by atoms with Gasteiger partial charge >= 0.3 is 0 Å². The van der Waals surface area contributed by atoms with Gasteiger partial charge in [0.2, 0.25) is 0 Å². The number of hydrogen-bond acceptors (Lipinski definition) is 2. The molecule has 0 spiro atoms. The molecule has 4 bridgehead atoms. The van der Waals surface area contributed by atoms with Gasteiger partial charge in [-0.2, -0.15) is 0 Å². The van der Waals surface area contributed by atoms with E-state index in [2.05, 4.69) is 33.0 Å². The van der Waals surface area contributed by atoms with Crippen molar-refractivity contribution in [1.29, 1.82) is 0 Å². The maximum Gasteiger partial charge on any atom is 0.0782 e. The minimum Gasteiger partial charge on any atom is -0.375 e. The Kier molecular flexibility index (Phi) is 2.59. The van der Waals surface area contributed by atoms with E-state index >= 15 is 0 Å². The van der Waals surface area contributed by atoms with Gasteiger partial charge in [0.15, 0.2) is 0 Å². The van der Waals surface area contributed by atoms with E-state index in [1.165, 1.54) is 38.5 Å². The van der Waals surface area contributed by atoms with E-state index in [1.807, 2.05) is 0 Å². The molecule has 114 valence electrons. The fourth-order valence-electron chi connectivity index (χ4n) is 8.12. The lowest BCUT2D eigenvalue weighted by atomic mass is 9.35. The zero-order valence-corrected chi connectivity index (χ0v) is 13.7. The SMILES string of the molecule is CC1NCCOC1C12CC3(C)CC(C)(CC(C)(C3)C1)C2. The molecular weight excluding hydrogens is 246 g/mol. The Balaban J connectivity index is 1.74. The quantitative estimate of drug-likeness (QED) is 0.788. The molecule has 2 atom stereocenters. The number of ether oxygens (including phenoxy) is 1. The average Bonchev–Trinajstić information content (AvgIpc) is 2.22. The second-order valence-electron chi connectivity index (χ2n) is 9.89. The van der Waals surface area contributed by atoms with E-state index in [0.29, 0.717) is 33.8 Å². The summed E-state index contributed by atoms with van der Waals surface area (Å²) in [5, 5.41) is 3.67. The Morgan fingerprint density at radius 1 is 0.850 bits per heavy atom. The summed E-state index contributed by atoms with van der Waals surface area (Å²) >= 11 is 0. The molecule has 5 rings (SSSR count). The van der Waals surface area contributed by atoms with Gasteiger partial charge in [0.05, 0.1) is 12.7 Å². The summed E-state index contributed by atoms with van der Waals surface area (Å²) < 4.78 is 6.35. The van der Waals surface area contributed by atoms with Gasteiger partial charge in [0, 0.05) is 12.6 Å². The van der Waals surface area contributed by atoms with E-state index in [1.54, 1.807) is 0 Å². The van der Waals surface area contributed by atoms with Crippen molar-refractivity contribution >= 4 is 0 Å². The second-order valence-corrected chi connectivity index (χ2v) is 9.89. The molecule has 5 fully saturated rings. The van der Waals surface area contributed by atoms with Crippen molar-refractivity contribution in [2.45, 2.75) is 78.4 Å². The molecular formula is C18H31NO. The van der Waals surface area contributed by atoms with Crippen molar-refractivity contribution in [3.8, 4) is 0 Å². The van der Waals surface area contributed by atoms with Gasteiger partial charge in [-0.1, -0.05) is 20.8 Å². The van der Waals surface area contributed by atoms with Crippen LogP contribution < -0.4 is 5.32 Å². The molecule has 4 aliphatic carbocycles. The Morgan fingerprint density at radius 2 is 1.35 bits per heavy atom. The van der Waals surface area contributed by atoms with Crippen molar-refractivity contribution in [2.24, 2.45) is 21.7 Å². The molecule has 4 saturated carbocycles. The monoisotopic (exact) mass is 277 g/mol. The van der Waals surface area contributed by atoms with Crippen LogP contribution in [0.3, 0.4) is 0 Å². The van der Waals surface area contributed by atoms with Crippen molar-refractivity contribution in [1.82, 2.24) is 5.32 Å². The normalized spacial score (nSPS) is 61.8. The first-order valence-corrected chi connectivity index (χ1v) is 8.61. The highest BCUT2D eigenvalue weighted by molar-refractivity contribution is 5.17. The maximum absolute atomic E-state index is 6.35. The van der Waals surface area contributed by atoms with Crippen molar-refractivity contribution in [3.63, 3.8) is 0 Å². The first-order valence-electron chi connectivity index (χ1n) is 8.61. The second kappa shape index (κ2) is 3.81. The van der Waals surface area contributed by atoms with E-state index < -0.39 is 0 Å². The third-order valence-corrected chi connectivity index (χ3v) is 6.82. The minimum absolute atomic E-state index is 0.440. The Bertz CT molecular complexity index is 378. The molecule has 2 heteroatoms. The largest absolute Gasteiger partial charge is 0.375 e. The molecule has 2 unspecified atom stereocenters. The minimum atomic E-state index is 0.440. The molecule has 0 amide bonds. The standard InChI is InChI=1S/C18H31NO/c1-13-14(20-6-5-19-13)18-10-15(2)7-16(3,11-18)9-17(4,8-15)12-18/h13-14,19H,5-12H2,1-4H3. The van der Waals surface area contributed by atoms with Gasteiger partial charge in [-0.3, -0.25) is 0 Å². The smallest absolute Gasteiger partial charge is 0.0782 e. The van der Waals surface area contributed by atoms with Crippen LogP contribution in [0.1, 0.15) is 66.2 Å². The van der Waals surface area contributed by atoms with Gasteiger partial charge < -0.3 is 10.1 Å². The summed E-state index contributed by atoms with van der Waals surface area (Å²) in [7, 11) is 0. The molecule has 1 heterocycles. The molecule has 5 aliphatic rings. The number of rotatable bonds is 1. The predicted octanol–water partition coefficient (Wildman–Crippen LogP) is 3.75. The fourth-order valence-corrected chi connectivity index (χ4v) is 8.12. The number of morpholine rings is 1. The zero-order valence-electron chi connectivity index (χ0n) is 13.7. The zero-order chi connectivity index (χ0) is 14.2. The van der Waals surface area contributed by atoms with Crippen LogP contribution in [-0.2, 0) is 4.74 Å². The molecule has 0 radical (unpaired) electrons. The predicted molar refractivity (Wildman–Crippen MR) is 81.7 cm³/mol. The number of hydrogen-bond donors (Lipinski definition) is 1. The highest BCUT2D eigenvalue weighted by Gasteiger charge is 2.66. The summed E-state index contributed by atoms with van der Waals surface area (Å²) in [6.07, 6.45) is 9.00. The summed E-state index contributed by atoms with van der Waals surface area (Å²) in [5.74, 6) is 0. The van der Waals surface area contributed by atoms with Crippen molar-refractivity contribution < 1.29 is 4.74 Å². The molecule has 20 heavy (non-hydrogen) atoms. The third kappa shape index (κ3) is 1.83. The Labute approximate surface area is 124 Å². The highest BCUT2D eigenvalue weighted by atomic mass is 16.5. The summed E-state index contributed by atoms with van der Waals surface area (Å²) in [6.45, 7) is 12.0. The fraction of sp³-hybridized carbons (Fsp3) is 1.00. The van der Waals surface area contributed by atoms with Gasteiger partial charge in [-0.05, 0) is 67.1 Å². The third-order valence-electron chi connectivity index (χ3n) is 6.82. The average molecular weight is 277 g/mol. The Hall–Kier alpha value is -0.0800. The van der Waals surface area contributed by atoms with Gasteiger partial charge in [0.25, 0.3) is 0 Å². The molecule has 1 N–H and O–H groups in total. The first kappa shape index (κ1) is 13.6. The van der Waals surface area contributed by atoms with Crippen molar-refractivity contribution in [2.75, 3.05) is 13.2 Å². The summed E-state index contributed by atoms with van der Waals surface area (Å²) in [6, 6.07) is 0.524. The lowest BCUT2D eigenvalue weighted by Crippen LogP contribution is -2.66. The number of nitrogens with one attached hydrogen (secondary N) is 1. The first-order chi connectivity index (χ1) is 9.26. The van der Waals surface area contributed by atoms with Gasteiger partial charge in [-0.25, -0.2) is 0 Å². The Morgan fingerprint density at radius 3 is 1.80 bits per heavy atom. The van der Waals surface area contributed by atoms with Crippen LogP contribution in [-0.4, -0.2) is 25.3 Å². The van der Waals surface area contributed by atoms with Crippen LogP contribution in [0, 0.1) is 21.7 Å². The lowest BCUT2D eigenvalue weighted by Gasteiger charge is -2.71. The van der Waals surface area contributed by atoms with Gasteiger partial charge in [0.1, 0.15) is 0 Å². The summed E-state index contributed by atoms with van der Waals surface area (Å²) in [5.41, 5.74) is 2.15. The van der Waals surface area contributed by atoms with Crippen LogP contribution in [0.15, 0.2) is 0 Å². The highest BCUT2D eigenvalue weighted by Crippen LogP contribution is 2.74. The van der Waals surface area contributed by atoms with Crippen LogP contribution in [0.5, 0.6) is 0 Å². The van der Waals surface area contributed by atoms with E-state index in [-0.39, 0.29) is 0 Å². The maximum atomic E-state index is 6.35. The van der Waals surface area contributed by atoms with E-state index in [0.717, 1.165) is 13.2 Å². The lowest BCUT2D eigenvalue weighted by molar-refractivity contribution is -0.234. The topological polar surface area (TPSA) is 21.3 Å². The van der Waals surface area contributed by atoms with Crippen LogP contribution in [0.25, 0.3) is 0 Å². The molecule has 2 nitrogen and oxygen atoms in total. The molecule has 1 saturated heterocycles. The van der Waals surface area contributed by atoms with E-state index in [9.17, 15) is 0 Å². The van der Waals surface area contributed by atoms with E-state index in [4.69, 9.17) is 4.74 Å². The van der Waals surface area contributed by atoms with Crippen LogP contribution in [0.2, 0.25) is 0 Å². The molecule has 0 aromatic carbocycles.